The maximum absolute atomic E-state index is 11.5. The maximum Gasteiger partial charge on any atom is 0.248 e. The summed E-state index contributed by atoms with van der Waals surface area (Å²) in [5.74, 6) is 0.280. The van der Waals surface area contributed by atoms with Crippen molar-refractivity contribution in [3.05, 3.63) is 40.5 Å². The van der Waals surface area contributed by atoms with E-state index in [0.29, 0.717) is 28.0 Å². The Morgan fingerprint density at radius 1 is 1.21 bits per heavy atom. The Kier molecular flexibility index (Phi) is 6.53. The van der Waals surface area contributed by atoms with Gasteiger partial charge in [-0.05, 0) is 37.5 Å². The lowest BCUT2D eigenvalue weighted by Gasteiger charge is -2.33. The van der Waals surface area contributed by atoms with E-state index in [1.54, 1.807) is 18.2 Å². The third-order valence-corrected chi connectivity index (χ3v) is 5.27. The van der Waals surface area contributed by atoms with Crippen molar-refractivity contribution < 1.29 is 9.59 Å². The molecule has 0 radical (unpaired) electrons. The van der Waals surface area contributed by atoms with E-state index in [2.05, 4.69) is 25.9 Å². The molecule has 2 aromatic rings. The van der Waals surface area contributed by atoms with Crippen molar-refractivity contribution in [2.75, 3.05) is 10.6 Å². The standard InChI is InChI=1S/C20H25ClN6O2/c1-11-7-8-13(18(22)29)9-17(11)26-20-23-10-14(21)19(27-20)25-16-6-4-3-5-15(16)24-12(2)28/h7-10,15-16H,3-6H2,1-2H3,(H2,22,29)(H,24,28)(H2,23,25,26,27)/t15-,16+/m1/s1. The van der Waals surface area contributed by atoms with Gasteiger partial charge in [-0.3, -0.25) is 9.59 Å². The first kappa shape index (κ1) is 20.9. The minimum absolute atomic E-state index is 0.0261. The van der Waals surface area contributed by atoms with Crippen LogP contribution in [0, 0.1) is 6.92 Å². The van der Waals surface area contributed by atoms with Gasteiger partial charge in [0.15, 0.2) is 5.82 Å². The van der Waals surface area contributed by atoms with Gasteiger partial charge >= 0.3 is 0 Å². The Balaban J connectivity index is 1.80. The summed E-state index contributed by atoms with van der Waals surface area (Å²) in [7, 11) is 0. The number of hydrogen-bond donors (Lipinski definition) is 4. The van der Waals surface area contributed by atoms with Crippen LogP contribution in [0.2, 0.25) is 5.02 Å². The SMILES string of the molecule is CC(=O)N[C@@H]1CCCC[C@@H]1Nc1nc(Nc2cc(C(N)=O)ccc2C)ncc1Cl. The summed E-state index contributed by atoms with van der Waals surface area (Å²) >= 11 is 6.31. The second-order valence-corrected chi connectivity index (χ2v) is 7.66. The van der Waals surface area contributed by atoms with E-state index < -0.39 is 5.91 Å². The van der Waals surface area contributed by atoms with Crippen LogP contribution in [0.5, 0.6) is 0 Å². The number of carbonyl (C=O) groups is 2. The third kappa shape index (κ3) is 5.35. The number of benzene rings is 1. The van der Waals surface area contributed by atoms with Crippen molar-refractivity contribution in [1.29, 1.82) is 0 Å². The fraction of sp³-hybridized carbons (Fsp3) is 0.400. The fourth-order valence-electron chi connectivity index (χ4n) is 3.47. The highest BCUT2D eigenvalue weighted by atomic mass is 35.5. The van der Waals surface area contributed by atoms with Crippen molar-refractivity contribution in [2.45, 2.75) is 51.6 Å². The predicted molar refractivity (Wildman–Crippen MR) is 114 cm³/mol. The number of anilines is 3. The molecule has 1 aromatic heterocycles. The molecule has 1 saturated carbocycles. The Labute approximate surface area is 174 Å². The summed E-state index contributed by atoms with van der Waals surface area (Å²) in [6.07, 6.45) is 5.48. The van der Waals surface area contributed by atoms with Crippen LogP contribution in [-0.4, -0.2) is 33.9 Å². The van der Waals surface area contributed by atoms with Crippen LogP contribution >= 0.6 is 11.6 Å². The minimum atomic E-state index is -0.506. The van der Waals surface area contributed by atoms with Gasteiger partial charge in [-0.1, -0.05) is 30.5 Å². The zero-order valence-corrected chi connectivity index (χ0v) is 17.2. The molecule has 2 atom stereocenters. The highest BCUT2D eigenvalue weighted by Crippen LogP contribution is 2.27. The van der Waals surface area contributed by atoms with Gasteiger partial charge < -0.3 is 21.7 Å². The largest absolute Gasteiger partial charge is 0.366 e. The van der Waals surface area contributed by atoms with Gasteiger partial charge in [0.05, 0.1) is 6.20 Å². The van der Waals surface area contributed by atoms with E-state index in [0.717, 1.165) is 31.2 Å². The lowest BCUT2D eigenvalue weighted by molar-refractivity contribution is -0.119. The lowest BCUT2D eigenvalue weighted by Crippen LogP contribution is -2.48. The molecule has 3 rings (SSSR count). The molecule has 5 N–H and O–H groups in total. The number of nitrogens with zero attached hydrogens (tertiary/aromatic N) is 2. The molecule has 0 aliphatic heterocycles. The number of aromatic nitrogens is 2. The van der Waals surface area contributed by atoms with Gasteiger partial charge in [0, 0.05) is 30.3 Å². The van der Waals surface area contributed by atoms with Crippen LogP contribution in [0.3, 0.4) is 0 Å². The van der Waals surface area contributed by atoms with Crippen LogP contribution in [0.1, 0.15) is 48.5 Å². The molecule has 0 spiro atoms. The number of amides is 2. The number of rotatable bonds is 6. The van der Waals surface area contributed by atoms with Gasteiger partial charge in [0.2, 0.25) is 17.8 Å². The van der Waals surface area contributed by atoms with Crippen LogP contribution in [0.25, 0.3) is 0 Å². The zero-order valence-electron chi connectivity index (χ0n) is 16.5. The number of aryl methyl sites for hydroxylation is 1. The summed E-state index contributed by atoms with van der Waals surface area (Å²) in [4.78, 5) is 31.7. The number of halogens is 1. The van der Waals surface area contributed by atoms with Crippen LogP contribution in [0.4, 0.5) is 17.5 Å². The average Bonchev–Trinajstić information content (AvgIpc) is 2.67. The monoisotopic (exact) mass is 416 g/mol. The normalized spacial score (nSPS) is 18.7. The Morgan fingerprint density at radius 3 is 2.62 bits per heavy atom. The quantitative estimate of drug-likeness (QED) is 0.573. The van der Waals surface area contributed by atoms with E-state index in [9.17, 15) is 9.59 Å². The molecule has 1 aliphatic rings. The molecule has 29 heavy (non-hydrogen) atoms. The topological polar surface area (TPSA) is 122 Å². The smallest absolute Gasteiger partial charge is 0.248 e. The highest BCUT2D eigenvalue weighted by molar-refractivity contribution is 6.32. The van der Waals surface area contributed by atoms with Gasteiger partial charge in [-0.2, -0.15) is 4.98 Å². The molecule has 0 unspecified atom stereocenters. The molecular formula is C20H25ClN6O2. The number of nitrogens with two attached hydrogens (primary N) is 1. The number of primary amides is 1. The average molecular weight is 417 g/mol. The van der Waals surface area contributed by atoms with Gasteiger partial charge in [0.25, 0.3) is 0 Å². The summed E-state index contributed by atoms with van der Waals surface area (Å²) < 4.78 is 0. The van der Waals surface area contributed by atoms with E-state index in [4.69, 9.17) is 17.3 Å². The highest BCUT2D eigenvalue weighted by Gasteiger charge is 2.26. The molecule has 1 aromatic carbocycles. The van der Waals surface area contributed by atoms with E-state index in [1.165, 1.54) is 13.1 Å². The van der Waals surface area contributed by atoms with E-state index in [1.807, 2.05) is 6.92 Å². The molecule has 1 fully saturated rings. The molecule has 9 heteroatoms. The van der Waals surface area contributed by atoms with E-state index in [-0.39, 0.29) is 18.0 Å². The van der Waals surface area contributed by atoms with Crippen LogP contribution < -0.4 is 21.7 Å². The first-order valence-corrected chi connectivity index (χ1v) is 9.95. The zero-order chi connectivity index (χ0) is 21.0. The predicted octanol–water partition coefficient (Wildman–Crippen LogP) is 3.14. The van der Waals surface area contributed by atoms with Crippen LogP contribution in [0.15, 0.2) is 24.4 Å². The van der Waals surface area contributed by atoms with E-state index >= 15 is 0 Å². The number of carbonyl (C=O) groups excluding carboxylic acids is 2. The van der Waals surface area contributed by atoms with Crippen molar-refractivity contribution in [1.82, 2.24) is 15.3 Å². The molecule has 1 aliphatic carbocycles. The van der Waals surface area contributed by atoms with Crippen molar-refractivity contribution in [2.24, 2.45) is 5.73 Å². The first-order chi connectivity index (χ1) is 13.8. The first-order valence-electron chi connectivity index (χ1n) is 9.57. The number of hydrogen-bond acceptors (Lipinski definition) is 6. The second kappa shape index (κ2) is 9.09. The number of nitrogens with one attached hydrogen (secondary N) is 3. The van der Waals surface area contributed by atoms with Gasteiger partial charge in [-0.15, -0.1) is 0 Å². The summed E-state index contributed by atoms with van der Waals surface area (Å²) in [5.41, 5.74) is 7.36. The summed E-state index contributed by atoms with van der Waals surface area (Å²) in [5, 5.41) is 9.88. The molecule has 0 bridgehead atoms. The van der Waals surface area contributed by atoms with Gasteiger partial charge in [-0.25, -0.2) is 4.98 Å². The summed E-state index contributed by atoms with van der Waals surface area (Å²) in [6.45, 7) is 3.43. The fourth-order valence-corrected chi connectivity index (χ4v) is 3.62. The minimum Gasteiger partial charge on any atom is -0.366 e. The molecule has 154 valence electrons. The molecular weight excluding hydrogens is 392 g/mol. The Hall–Kier alpha value is -2.87. The third-order valence-electron chi connectivity index (χ3n) is 4.99. The molecule has 0 saturated heterocycles. The Bertz CT molecular complexity index is 920. The molecule has 1 heterocycles. The Morgan fingerprint density at radius 2 is 1.93 bits per heavy atom. The van der Waals surface area contributed by atoms with Gasteiger partial charge in [0.1, 0.15) is 5.02 Å². The van der Waals surface area contributed by atoms with Crippen LogP contribution in [-0.2, 0) is 4.79 Å². The second-order valence-electron chi connectivity index (χ2n) is 7.25. The molecule has 8 nitrogen and oxygen atoms in total. The van der Waals surface area contributed by atoms with Crippen molar-refractivity contribution in [3.63, 3.8) is 0 Å². The summed E-state index contributed by atoms with van der Waals surface area (Å²) in [6, 6.07) is 5.20. The lowest BCUT2D eigenvalue weighted by atomic mass is 9.90. The van der Waals surface area contributed by atoms with Crippen molar-refractivity contribution in [3.8, 4) is 0 Å². The molecule has 2 amide bonds. The maximum atomic E-state index is 11.5. The van der Waals surface area contributed by atoms with Crippen molar-refractivity contribution >= 4 is 40.9 Å².